The van der Waals surface area contributed by atoms with E-state index in [4.69, 9.17) is 10.5 Å². The van der Waals surface area contributed by atoms with Gasteiger partial charge in [0.1, 0.15) is 6.04 Å². The van der Waals surface area contributed by atoms with Crippen LogP contribution in [0.4, 0.5) is 0 Å². The first-order valence-electron chi connectivity index (χ1n) is 5.56. The smallest absolute Gasteiger partial charge is 0.239 e. The molecule has 1 unspecified atom stereocenters. The van der Waals surface area contributed by atoms with E-state index >= 15 is 0 Å². The lowest BCUT2D eigenvalue weighted by Gasteiger charge is -2.26. The normalized spacial score (nSPS) is 19.4. The molecule has 0 aliphatic carbocycles. The molecule has 1 rings (SSSR count). The summed E-state index contributed by atoms with van der Waals surface area (Å²) in [5, 5.41) is 2.82. The highest BCUT2D eigenvalue weighted by molar-refractivity contribution is 7.99. The molecule has 0 aromatic rings. The second kappa shape index (κ2) is 7.89. The van der Waals surface area contributed by atoms with E-state index in [0.29, 0.717) is 6.54 Å². The Balaban J connectivity index is 2.07. The van der Waals surface area contributed by atoms with Gasteiger partial charge in [-0.2, -0.15) is 11.8 Å². The number of thioether (sulfide) groups is 1. The third-order valence-electron chi connectivity index (χ3n) is 2.51. The molecule has 1 heterocycles. The lowest BCUT2D eigenvalue weighted by molar-refractivity contribution is -0.123. The van der Waals surface area contributed by atoms with Gasteiger partial charge in [-0.3, -0.25) is 9.69 Å². The Hall–Kier alpha value is -0.300. The van der Waals surface area contributed by atoms with Crippen LogP contribution in [0.15, 0.2) is 0 Å². The number of nitrogens with two attached hydrogens (primary N) is 1. The van der Waals surface area contributed by atoms with Crippen molar-refractivity contribution in [3.63, 3.8) is 0 Å². The van der Waals surface area contributed by atoms with Gasteiger partial charge >= 0.3 is 0 Å². The molecular formula is C10H21N3O2S. The quantitative estimate of drug-likeness (QED) is 0.638. The molecule has 3 N–H and O–H groups in total. The van der Waals surface area contributed by atoms with Crippen LogP contribution in [0, 0.1) is 0 Å². The minimum Gasteiger partial charge on any atom is -0.383 e. The predicted octanol–water partition coefficient (Wildman–Crippen LogP) is -0.875. The van der Waals surface area contributed by atoms with Crippen molar-refractivity contribution >= 4 is 17.7 Å². The third-order valence-corrected chi connectivity index (χ3v) is 3.46. The van der Waals surface area contributed by atoms with E-state index in [1.807, 2.05) is 11.8 Å². The Morgan fingerprint density at radius 3 is 2.88 bits per heavy atom. The van der Waals surface area contributed by atoms with Gasteiger partial charge in [0.15, 0.2) is 0 Å². The summed E-state index contributed by atoms with van der Waals surface area (Å²) in [6.45, 7) is 4.08. The van der Waals surface area contributed by atoms with Crippen LogP contribution < -0.4 is 11.1 Å². The van der Waals surface area contributed by atoms with Gasteiger partial charge < -0.3 is 15.8 Å². The van der Waals surface area contributed by atoms with E-state index in [9.17, 15) is 4.79 Å². The van der Waals surface area contributed by atoms with Crippen molar-refractivity contribution in [3.05, 3.63) is 0 Å². The van der Waals surface area contributed by atoms with Crippen molar-refractivity contribution in [2.45, 2.75) is 6.04 Å². The maximum absolute atomic E-state index is 11.4. The fourth-order valence-corrected chi connectivity index (χ4v) is 2.53. The molecule has 1 atom stereocenters. The monoisotopic (exact) mass is 247 g/mol. The molecule has 0 aromatic carbocycles. The summed E-state index contributed by atoms with van der Waals surface area (Å²) in [4.78, 5) is 13.8. The number of nitrogens with zero attached hydrogens (tertiary/aromatic N) is 1. The summed E-state index contributed by atoms with van der Waals surface area (Å²) in [5.41, 5.74) is 5.59. The Labute approximate surface area is 101 Å². The topological polar surface area (TPSA) is 67.6 Å². The van der Waals surface area contributed by atoms with E-state index in [1.54, 1.807) is 7.11 Å². The largest absolute Gasteiger partial charge is 0.383 e. The van der Waals surface area contributed by atoms with E-state index in [2.05, 4.69) is 10.2 Å². The molecule has 5 nitrogen and oxygen atoms in total. The van der Waals surface area contributed by atoms with Gasteiger partial charge in [0, 0.05) is 44.8 Å². The number of amides is 1. The molecule has 1 aliphatic heterocycles. The van der Waals surface area contributed by atoms with Crippen LogP contribution in [0.2, 0.25) is 0 Å². The number of methoxy groups -OCH3 is 1. The van der Waals surface area contributed by atoms with Crippen LogP contribution >= 0.6 is 11.8 Å². The maximum Gasteiger partial charge on any atom is 0.239 e. The molecule has 6 heteroatoms. The number of hydrogen-bond donors (Lipinski definition) is 2. The fourth-order valence-electron chi connectivity index (χ4n) is 1.55. The van der Waals surface area contributed by atoms with Crippen LogP contribution in [0.1, 0.15) is 0 Å². The number of nitrogens with one attached hydrogen (secondary N) is 1. The van der Waals surface area contributed by atoms with E-state index in [-0.39, 0.29) is 12.5 Å². The van der Waals surface area contributed by atoms with Crippen LogP contribution in [0.5, 0.6) is 0 Å². The summed E-state index contributed by atoms with van der Waals surface area (Å²) >= 11 is 1.98. The minimum absolute atomic E-state index is 0.131. The lowest BCUT2D eigenvalue weighted by Crippen LogP contribution is -2.46. The lowest BCUT2D eigenvalue weighted by atomic mass is 10.3. The molecule has 0 saturated carbocycles. The highest BCUT2D eigenvalue weighted by Gasteiger charge is 2.13. The van der Waals surface area contributed by atoms with Gasteiger partial charge in [-0.05, 0) is 0 Å². The molecule has 1 amide bonds. The first-order valence-corrected chi connectivity index (χ1v) is 6.72. The Kier molecular flexibility index (Phi) is 6.79. The summed E-state index contributed by atoms with van der Waals surface area (Å²) in [7, 11) is 1.54. The zero-order valence-electron chi connectivity index (χ0n) is 9.78. The Morgan fingerprint density at radius 1 is 1.56 bits per heavy atom. The average Bonchev–Trinajstić information content (AvgIpc) is 2.30. The van der Waals surface area contributed by atoms with Crippen LogP contribution in [0.25, 0.3) is 0 Å². The van der Waals surface area contributed by atoms with Crippen molar-refractivity contribution in [1.82, 2.24) is 10.2 Å². The zero-order chi connectivity index (χ0) is 11.8. The Morgan fingerprint density at radius 2 is 2.25 bits per heavy atom. The van der Waals surface area contributed by atoms with Crippen molar-refractivity contribution in [1.29, 1.82) is 0 Å². The van der Waals surface area contributed by atoms with Gasteiger partial charge in [-0.25, -0.2) is 0 Å². The van der Waals surface area contributed by atoms with Gasteiger partial charge in [0.2, 0.25) is 5.91 Å². The van der Waals surface area contributed by atoms with Crippen molar-refractivity contribution in [2.24, 2.45) is 5.73 Å². The maximum atomic E-state index is 11.4. The van der Waals surface area contributed by atoms with Crippen LogP contribution in [-0.4, -0.2) is 68.3 Å². The van der Waals surface area contributed by atoms with Crippen LogP contribution in [-0.2, 0) is 9.53 Å². The number of ether oxygens (including phenoxy) is 1. The standard InChI is InChI=1S/C10H21N3O2S/c1-15-8-9(11)10(14)12-2-3-13-4-6-16-7-5-13/h9H,2-8,11H2,1H3,(H,12,14). The molecular weight excluding hydrogens is 226 g/mol. The molecule has 0 spiro atoms. The van der Waals surface area contributed by atoms with Gasteiger partial charge in [0.25, 0.3) is 0 Å². The SMILES string of the molecule is COCC(N)C(=O)NCCN1CCSCC1. The summed E-state index contributed by atoms with van der Waals surface area (Å²) < 4.78 is 4.82. The first-order chi connectivity index (χ1) is 7.74. The third kappa shape index (κ3) is 5.16. The van der Waals surface area contributed by atoms with Gasteiger partial charge in [-0.1, -0.05) is 0 Å². The predicted molar refractivity (Wildman–Crippen MR) is 66.6 cm³/mol. The second-order valence-electron chi connectivity index (χ2n) is 3.81. The van der Waals surface area contributed by atoms with Gasteiger partial charge in [-0.15, -0.1) is 0 Å². The highest BCUT2D eigenvalue weighted by atomic mass is 32.2. The van der Waals surface area contributed by atoms with Gasteiger partial charge in [0.05, 0.1) is 6.61 Å². The van der Waals surface area contributed by atoms with E-state index in [0.717, 1.165) is 19.6 Å². The minimum atomic E-state index is -0.554. The summed E-state index contributed by atoms with van der Waals surface area (Å²) in [6, 6.07) is -0.554. The molecule has 94 valence electrons. The molecule has 1 fully saturated rings. The molecule has 0 radical (unpaired) electrons. The number of rotatable bonds is 6. The van der Waals surface area contributed by atoms with E-state index < -0.39 is 6.04 Å². The average molecular weight is 247 g/mol. The molecule has 1 aliphatic rings. The molecule has 1 saturated heterocycles. The van der Waals surface area contributed by atoms with Crippen molar-refractivity contribution in [2.75, 3.05) is 51.4 Å². The number of carbonyl (C=O) groups is 1. The first kappa shape index (κ1) is 13.8. The summed E-state index contributed by atoms with van der Waals surface area (Å²) in [6.07, 6.45) is 0. The molecule has 0 aromatic heterocycles. The molecule has 0 bridgehead atoms. The van der Waals surface area contributed by atoms with Crippen molar-refractivity contribution in [3.8, 4) is 0 Å². The van der Waals surface area contributed by atoms with Crippen molar-refractivity contribution < 1.29 is 9.53 Å². The number of hydrogen-bond acceptors (Lipinski definition) is 5. The zero-order valence-corrected chi connectivity index (χ0v) is 10.6. The molecule has 16 heavy (non-hydrogen) atoms. The Bertz CT molecular complexity index is 210. The fraction of sp³-hybridized carbons (Fsp3) is 0.900. The number of carbonyl (C=O) groups excluding carboxylic acids is 1. The van der Waals surface area contributed by atoms with Crippen LogP contribution in [0.3, 0.4) is 0 Å². The highest BCUT2D eigenvalue weighted by Crippen LogP contribution is 2.07. The second-order valence-corrected chi connectivity index (χ2v) is 5.03. The summed E-state index contributed by atoms with van der Waals surface area (Å²) in [5.74, 6) is 2.25. The van der Waals surface area contributed by atoms with E-state index in [1.165, 1.54) is 11.5 Å².